The van der Waals surface area contributed by atoms with Crippen molar-refractivity contribution in [2.75, 3.05) is 31.6 Å². The molecule has 0 spiro atoms. The molecule has 1 fully saturated rings. The first-order valence-corrected chi connectivity index (χ1v) is 13.2. The highest BCUT2D eigenvalue weighted by atomic mass is 35.5. The second kappa shape index (κ2) is 11.7. The summed E-state index contributed by atoms with van der Waals surface area (Å²) in [4.78, 5) is 26.7. The van der Waals surface area contributed by atoms with E-state index in [0.29, 0.717) is 48.6 Å². The molecule has 3 heterocycles. The molecule has 1 saturated heterocycles. The number of rotatable bonds is 9. The fraction of sp³-hybridized carbons (Fsp3) is 0.308. The molecule has 2 N–H and O–H groups in total. The van der Waals surface area contributed by atoms with Crippen LogP contribution in [0.3, 0.4) is 0 Å². The van der Waals surface area contributed by atoms with Crippen LogP contribution in [0.25, 0.3) is 10.9 Å². The lowest BCUT2D eigenvalue weighted by molar-refractivity contribution is -0.136. The third-order valence-electron chi connectivity index (χ3n) is 6.16. The molecule has 4 aromatic rings. The SMILES string of the molecule is O=C(CO)N1CCCC(COc2cccc3ncnc(Nc4ccc(OCc5cscn5)c(Cl)c4)c23)C1. The highest BCUT2D eigenvalue weighted by molar-refractivity contribution is 7.07. The van der Waals surface area contributed by atoms with Gasteiger partial charge in [-0.2, -0.15) is 0 Å². The van der Waals surface area contributed by atoms with E-state index in [1.165, 1.54) is 17.7 Å². The molecule has 1 aliphatic heterocycles. The molecule has 1 unspecified atom stereocenters. The molecule has 0 aliphatic carbocycles. The van der Waals surface area contributed by atoms with E-state index in [2.05, 4.69) is 20.3 Å². The Morgan fingerprint density at radius 1 is 1.19 bits per heavy atom. The van der Waals surface area contributed by atoms with Gasteiger partial charge in [0.2, 0.25) is 5.91 Å². The van der Waals surface area contributed by atoms with Crippen molar-refractivity contribution in [1.82, 2.24) is 19.9 Å². The molecule has 11 heteroatoms. The Morgan fingerprint density at radius 2 is 2.11 bits per heavy atom. The van der Waals surface area contributed by atoms with Crippen molar-refractivity contribution in [1.29, 1.82) is 0 Å². The summed E-state index contributed by atoms with van der Waals surface area (Å²) in [7, 11) is 0. The highest BCUT2D eigenvalue weighted by Gasteiger charge is 2.24. The summed E-state index contributed by atoms with van der Waals surface area (Å²) in [5, 5.41) is 15.7. The first-order chi connectivity index (χ1) is 18.1. The molecule has 37 heavy (non-hydrogen) atoms. The molecule has 192 valence electrons. The molecule has 0 radical (unpaired) electrons. The summed E-state index contributed by atoms with van der Waals surface area (Å²) in [6.45, 7) is 1.57. The number of aromatic nitrogens is 3. The van der Waals surface area contributed by atoms with Crippen LogP contribution in [-0.2, 0) is 11.4 Å². The van der Waals surface area contributed by atoms with Gasteiger partial charge in [0.1, 0.15) is 36.9 Å². The summed E-state index contributed by atoms with van der Waals surface area (Å²) in [6, 6.07) is 11.1. The summed E-state index contributed by atoms with van der Waals surface area (Å²) in [5.41, 5.74) is 4.10. The summed E-state index contributed by atoms with van der Waals surface area (Å²) < 4.78 is 12.0. The predicted molar refractivity (Wildman–Crippen MR) is 143 cm³/mol. The van der Waals surface area contributed by atoms with Crippen molar-refractivity contribution in [3.8, 4) is 11.5 Å². The minimum Gasteiger partial charge on any atom is -0.492 e. The van der Waals surface area contributed by atoms with Gasteiger partial charge in [0.05, 0.1) is 33.7 Å². The number of hydrogen-bond acceptors (Lipinski definition) is 9. The van der Waals surface area contributed by atoms with Crippen LogP contribution >= 0.6 is 22.9 Å². The van der Waals surface area contributed by atoms with Crippen LogP contribution < -0.4 is 14.8 Å². The van der Waals surface area contributed by atoms with E-state index in [1.807, 2.05) is 29.6 Å². The van der Waals surface area contributed by atoms with Gasteiger partial charge in [-0.1, -0.05) is 17.7 Å². The Hall–Kier alpha value is -3.47. The Labute approximate surface area is 223 Å². The van der Waals surface area contributed by atoms with Crippen molar-refractivity contribution < 1.29 is 19.4 Å². The van der Waals surface area contributed by atoms with Crippen LogP contribution in [0.15, 0.2) is 53.6 Å². The fourth-order valence-electron chi connectivity index (χ4n) is 4.32. The molecule has 0 saturated carbocycles. The maximum Gasteiger partial charge on any atom is 0.248 e. The monoisotopic (exact) mass is 539 g/mol. The number of aliphatic hydroxyl groups is 1. The fourth-order valence-corrected chi connectivity index (χ4v) is 5.10. The van der Waals surface area contributed by atoms with Crippen LogP contribution in [0.2, 0.25) is 5.02 Å². The van der Waals surface area contributed by atoms with E-state index in [9.17, 15) is 9.90 Å². The summed E-state index contributed by atoms with van der Waals surface area (Å²) in [5.74, 6) is 1.75. The highest BCUT2D eigenvalue weighted by Crippen LogP contribution is 2.34. The number of carbonyl (C=O) groups excluding carboxylic acids is 1. The minimum atomic E-state index is -0.466. The number of ether oxygens (including phenoxy) is 2. The molecule has 5 rings (SSSR count). The number of hydrogen-bond donors (Lipinski definition) is 2. The minimum absolute atomic E-state index is 0.177. The third-order valence-corrected chi connectivity index (χ3v) is 7.09. The van der Waals surface area contributed by atoms with Crippen LogP contribution in [0.4, 0.5) is 11.5 Å². The van der Waals surface area contributed by atoms with Crippen molar-refractivity contribution in [3.05, 3.63) is 64.3 Å². The lowest BCUT2D eigenvalue weighted by atomic mass is 9.99. The Bertz CT molecular complexity index is 1370. The number of aliphatic hydroxyl groups excluding tert-OH is 1. The quantitative estimate of drug-likeness (QED) is 0.316. The molecule has 2 aromatic carbocycles. The second-order valence-corrected chi connectivity index (χ2v) is 9.85. The van der Waals surface area contributed by atoms with Gasteiger partial charge in [0.15, 0.2) is 0 Å². The second-order valence-electron chi connectivity index (χ2n) is 8.73. The smallest absolute Gasteiger partial charge is 0.248 e. The molecular formula is C26H26ClN5O4S. The van der Waals surface area contributed by atoms with Gasteiger partial charge in [-0.25, -0.2) is 15.0 Å². The first kappa shape index (κ1) is 25.2. The number of nitrogens with one attached hydrogen (secondary N) is 1. The molecule has 0 bridgehead atoms. The van der Waals surface area contributed by atoms with Gasteiger partial charge in [-0.3, -0.25) is 4.79 Å². The van der Waals surface area contributed by atoms with Gasteiger partial charge in [-0.05, 0) is 43.2 Å². The van der Waals surface area contributed by atoms with Crippen LogP contribution in [0, 0.1) is 5.92 Å². The molecule has 1 amide bonds. The van der Waals surface area contributed by atoms with E-state index in [1.54, 1.807) is 22.5 Å². The Morgan fingerprint density at radius 3 is 2.92 bits per heavy atom. The lowest BCUT2D eigenvalue weighted by Gasteiger charge is -2.32. The number of fused-ring (bicyclic) bond motifs is 1. The number of nitrogens with zero attached hydrogens (tertiary/aromatic N) is 4. The molecular weight excluding hydrogens is 514 g/mol. The number of carbonyl (C=O) groups is 1. The van der Waals surface area contributed by atoms with Crippen molar-refractivity contribution >= 4 is 51.3 Å². The Balaban J connectivity index is 1.31. The Kier molecular flexibility index (Phi) is 7.98. The molecule has 1 atom stereocenters. The van der Waals surface area contributed by atoms with Crippen LogP contribution in [-0.4, -0.2) is 57.2 Å². The largest absolute Gasteiger partial charge is 0.492 e. The normalized spacial score (nSPS) is 15.5. The van der Waals surface area contributed by atoms with E-state index < -0.39 is 6.61 Å². The number of benzene rings is 2. The van der Waals surface area contributed by atoms with Crippen LogP contribution in [0.1, 0.15) is 18.5 Å². The number of anilines is 2. The molecule has 9 nitrogen and oxygen atoms in total. The number of likely N-dealkylation sites (tertiary alicyclic amines) is 1. The average molecular weight is 540 g/mol. The summed E-state index contributed by atoms with van der Waals surface area (Å²) >= 11 is 8.00. The van der Waals surface area contributed by atoms with Gasteiger partial charge in [0, 0.05) is 30.1 Å². The van der Waals surface area contributed by atoms with Gasteiger partial charge >= 0.3 is 0 Å². The zero-order valence-electron chi connectivity index (χ0n) is 20.0. The standard InChI is InChI=1S/C26H26ClN5O4S/c27-20-9-18(6-7-22(20)36-13-19-14-37-16-30-19)31-26-25-21(28-15-29-26)4-1-5-23(25)35-12-17-3-2-8-32(10-17)24(34)11-33/h1,4-7,9,14-17,33H,2-3,8,10-13H2,(H,28,29,31). The van der Waals surface area contributed by atoms with E-state index >= 15 is 0 Å². The topological polar surface area (TPSA) is 110 Å². The zero-order chi connectivity index (χ0) is 25.6. The number of piperidine rings is 1. The van der Waals surface area contributed by atoms with E-state index in [0.717, 1.165) is 35.1 Å². The van der Waals surface area contributed by atoms with Crippen molar-refractivity contribution in [2.45, 2.75) is 19.4 Å². The van der Waals surface area contributed by atoms with Crippen molar-refractivity contribution in [2.24, 2.45) is 5.92 Å². The van der Waals surface area contributed by atoms with Gasteiger partial charge in [0.25, 0.3) is 0 Å². The average Bonchev–Trinajstić information content (AvgIpc) is 3.45. The van der Waals surface area contributed by atoms with Gasteiger partial charge in [-0.15, -0.1) is 11.3 Å². The third kappa shape index (κ3) is 6.10. The maximum absolute atomic E-state index is 11.9. The maximum atomic E-state index is 11.9. The summed E-state index contributed by atoms with van der Waals surface area (Å²) in [6.07, 6.45) is 3.34. The number of halogens is 1. The van der Waals surface area contributed by atoms with Crippen LogP contribution in [0.5, 0.6) is 11.5 Å². The zero-order valence-corrected chi connectivity index (χ0v) is 21.5. The molecule has 1 aliphatic rings. The number of amides is 1. The van der Waals surface area contributed by atoms with E-state index in [4.69, 9.17) is 21.1 Å². The van der Waals surface area contributed by atoms with Gasteiger partial charge < -0.3 is 24.8 Å². The number of thiazole rings is 1. The van der Waals surface area contributed by atoms with Crippen molar-refractivity contribution in [3.63, 3.8) is 0 Å². The lowest BCUT2D eigenvalue weighted by Crippen LogP contribution is -2.42. The van der Waals surface area contributed by atoms with E-state index in [-0.39, 0.29) is 11.8 Å². The predicted octanol–water partition coefficient (Wildman–Crippen LogP) is 4.67. The molecule has 2 aromatic heterocycles. The first-order valence-electron chi connectivity index (χ1n) is 11.9.